The van der Waals surface area contributed by atoms with Crippen molar-refractivity contribution in [2.24, 2.45) is 0 Å². The highest BCUT2D eigenvalue weighted by Gasteiger charge is 2.17. The number of nitrogens with one attached hydrogen (secondary N) is 1. The molecule has 0 aliphatic carbocycles. The lowest BCUT2D eigenvalue weighted by molar-refractivity contribution is 0.475. The maximum atomic E-state index is 10.8. The Labute approximate surface area is 84.3 Å². The van der Waals surface area contributed by atoms with Crippen molar-refractivity contribution in [3.8, 4) is 0 Å². The Morgan fingerprint density at radius 3 is 2.60 bits per heavy atom. The smallest absolute Gasteiger partial charge is 0.330 e. The Morgan fingerprint density at radius 1 is 1.33 bits per heavy atom. The number of nitrogens with two attached hydrogens (primary N) is 1. The van der Waals surface area contributed by atoms with Gasteiger partial charge in [-0.1, -0.05) is 0 Å². The molecule has 0 aliphatic heterocycles. The van der Waals surface area contributed by atoms with Crippen LogP contribution in [-0.4, -0.2) is 32.9 Å². The number of hydrogen-bond acceptors (Lipinski definition) is 6. The van der Waals surface area contributed by atoms with E-state index in [1.165, 1.54) is 0 Å². The van der Waals surface area contributed by atoms with E-state index in [0.717, 1.165) is 0 Å². The molecule has 4 N–H and O–H groups in total. The summed E-state index contributed by atoms with van der Waals surface area (Å²) < 4.78 is 30.3. The Hall–Kier alpha value is -1.74. The molecule has 80 valence electrons. The molecule has 2 aromatic heterocycles. The average molecular weight is 229 g/mol. The van der Waals surface area contributed by atoms with Crippen molar-refractivity contribution in [2.75, 3.05) is 5.73 Å². The van der Waals surface area contributed by atoms with E-state index in [-0.39, 0.29) is 11.5 Å². The number of nitrogens with zero attached hydrogens (tertiary/aromatic N) is 3. The number of aromatic amines is 1. The molecule has 0 atom stereocenters. The predicted octanol–water partition coefficient (Wildman–Crippen LogP) is -0.510. The van der Waals surface area contributed by atoms with Gasteiger partial charge >= 0.3 is 10.1 Å². The zero-order valence-corrected chi connectivity index (χ0v) is 8.41. The molecule has 2 heterocycles. The summed E-state index contributed by atoms with van der Waals surface area (Å²) >= 11 is 0. The first kappa shape index (κ1) is 9.80. The number of nitrogen functional groups attached to an aromatic ring is 1. The molecule has 0 aromatic carbocycles. The van der Waals surface area contributed by atoms with Crippen LogP contribution >= 0.6 is 0 Å². The fraction of sp³-hybridized carbons (Fsp3) is 0.167. The lowest BCUT2D eigenvalue weighted by Gasteiger charge is -1.97. The van der Waals surface area contributed by atoms with Crippen molar-refractivity contribution in [1.29, 1.82) is 0 Å². The van der Waals surface area contributed by atoms with Crippen LogP contribution in [0.2, 0.25) is 0 Å². The lowest BCUT2D eigenvalue weighted by atomic mass is 10.5. The largest absolute Gasteiger partial charge is 0.382 e. The third-order valence-electron chi connectivity index (χ3n) is 1.71. The van der Waals surface area contributed by atoms with Crippen LogP contribution < -0.4 is 5.73 Å². The second-order valence-corrected chi connectivity index (χ2v) is 4.20. The van der Waals surface area contributed by atoms with Crippen LogP contribution in [0.4, 0.5) is 5.82 Å². The number of hydrogen-bond donors (Lipinski definition) is 3. The summed E-state index contributed by atoms with van der Waals surface area (Å²) in [5.74, 6) is 0.451. The Kier molecular flexibility index (Phi) is 1.88. The van der Waals surface area contributed by atoms with Gasteiger partial charge in [0.2, 0.25) is 0 Å². The van der Waals surface area contributed by atoms with Crippen LogP contribution in [0, 0.1) is 6.92 Å². The molecular formula is C6H7N5O3S. The van der Waals surface area contributed by atoms with Crippen LogP contribution in [0.1, 0.15) is 5.82 Å². The third-order valence-corrected chi connectivity index (χ3v) is 2.35. The van der Waals surface area contributed by atoms with Gasteiger partial charge in [-0.3, -0.25) is 4.55 Å². The van der Waals surface area contributed by atoms with Gasteiger partial charge in [0, 0.05) is 0 Å². The molecule has 0 saturated carbocycles. The molecule has 9 heteroatoms. The van der Waals surface area contributed by atoms with Crippen LogP contribution in [0.3, 0.4) is 0 Å². The highest BCUT2D eigenvalue weighted by molar-refractivity contribution is 7.85. The fourth-order valence-electron chi connectivity index (χ4n) is 1.13. The summed E-state index contributed by atoms with van der Waals surface area (Å²) in [5, 5.41) is -0.751. The van der Waals surface area contributed by atoms with E-state index in [1.54, 1.807) is 6.92 Å². The summed E-state index contributed by atoms with van der Waals surface area (Å²) in [6.07, 6.45) is 0. The number of aromatic nitrogens is 4. The molecule has 15 heavy (non-hydrogen) atoms. The molecule has 2 rings (SSSR count). The maximum Gasteiger partial charge on any atom is 0.330 e. The van der Waals surface area contributed by atoms with Crippen molar-refractivity contribution in [1.82, 2.24) is 19.9 Å². The van der Waals surface area contributed by atoms with Crippen molar-refractivity contribution >= 4 is 27.1 Å². The number of aryl methyl sites for hydroxylation is 1. The van der Waals surface area contributed by atoms with Gasteiger partial charge in [-0.2, -0.15) is 18.4 Å². The highest BCUT2D eigenvalue weighted by atomic mass is 32.2. The number of fused-ring (bicyclic) bond motifs is 1. The first-order valence-corrected chi connectivity index (χ1v) is 5.29. The number of H-pyrrole nitrogens is 1. The van der Waals surface area contributed by atoms with Gasteiger partial charge in [-0.15, -0.1) is 0 Å². The Morgan fingerprint density at radius 2 is 2.00 bits per heavy atom. The van der Waals surface area contributed by atoms with Crippen molar-refractivity contribution in [3.63, 3.8) is 0 Å². The van der Waals surface area contributed by atoms with E-state index in [4.69, 9.17) is 10.3 Å². The van der Waals surface area contributed by atoms with E-state index in [0.29, 0.717) is 11.3 Å². The predicted molar refractivity (Wildman–Crippen MR) is 50.6 cm³/mol. The van der Waals surface area contributed by atoms with Crippen LogP contribution in [0.25, 0.3) is 11.2 Å². The minimum atomic E-state index is -4.46. The number of imidazole rings is 1. The second-order valence-electron chi connectivity index (χ2n) is 2.89. The zero-order chi connectivity index (χ0) is 11.2. The average Bonchev–Trinajstić information content (AvgIpc) is 2.44. The zero-order valence-electron chi connectivity index (χ0n) is 7.59. The van der Waals surface area contributed by atoms with Gasteiger partial charge in [0.25, 0.3) is 5.16 Å². The van der Waals surface area contributed by atoms with Gasteiger partial charge in [-0.25, -0.2) is 4.98 Å². The molecular weight excluding hydrogens is 222 g/mol. The third kappa shape index (κ3) is 1.62. The van der Waals surface area contributed by atoms with Crippen molar-refractivity contribution < 1.29 is 13.0 Å². The van der Waals surface area contributed by atoms with Crippen LogP contribution in [-0.2, 0) is 10.1 Å². The van der Waals surface area contributed by atoms with Crippen LogP contribution in [0.5, 0.6) is 0 Å². The van der Waals surface area contributed by atoms with Gasteiger partial charge < -0.3 is 10.7 Å². The molecule has 0 fully saturated rings. The molecule has 0 saturated heterocycles. The minimum absolute atomic E-state index is 0.0757. The number of rotatable bonds is 1. The summed E-state index contributed by atoms with van der Waals surface area (Å²) in [4.78, 5) is 13.7. The summed E-state index contributed by atoms with van der Waals surface area (Å²) in [5.41, 5.74) is 5.92. The SMILES string of the molecule is Cc1nc2nc(S(=O)(=O)O)nc(N)c2[nH]1. The highest BCUT2D eigenvalue weighted by Crippen LogP contribution is 2.16. The first-order valence-electron chi connectivity index (χ1n) is 3.85. The van der Waals surface area contributed by atoms with E-state index >= 15 is 0 Å². The van der Waals surface area contributed by atoms with E-state index in [9.17, 15) is 8.42 Å². The Bertz CT molecular complexity index is 631. The van der Waals surface area contributed by atoms with E-state index in [1.807, 2.05) is 0 Å². The summed E-state index contributed by atoms with van der Waals surface area (Å²) in [7, 11) is -4.46. The van der Waals surface area contributed by atoms with Crippen molar-refractivity contribution in [3.05, 3.63) is 5.82 Å². The van der Waals surface area contributed by atoms with Gasteiger partial charge in [0.05, 0.1) is 0 Å². The van der Waals surface area contributed by atoms with Gasteiger partial charge in [-0.05, 0) is 6.92 Å². The molecule has 0 radical (unpaired) electrons. The molecule has 0 spiro atoms. The normalized spacial score (nSPS) is 12.1. The minimum Gasteiger partial charge on any atom is -0.382 e. The number of anilines is 1. The molecule has 8 nitrogen and oxygen atoms in total. The van der Waals surface area contributed by atoms with Gasteiger partial charge in [0.15, 0.2) is 11.5 Å². The fourth-order valence-corrected chi connectivity index (χ4v) is 1.54. The molecule has 0 bridgehead atoms. The lowest BCUT2D eigenvalue weighted by Crippen LogP contribution is -2.07. The monoisotopic (exact) mass is 229 g/mol. The van der Waals surface area contributed by atoms with Crippen LogP contribution in [0.15, 0.2) is 5.16 Å². The maximum absolute atomic E-state index is 10.8. The van der Waals surface area contributed by atoms with E-state index < -0.39 is 15.3 Å². The quantitative estimate of drug-likeness (QED) is 0.442. The second kappa shape index (κ2) is 2.87. The summed E-state index contributed by atoms with van der Waals surface area (Å²) in [6.45, 7) is 1.66. The molecule has 0 unspecified atom stereocenters. The molecule has 0 amide bonds. The first-order chi connectivity index (χ1) is 6.88. The topological polar surface area (TPSA) is 135 Å². The Balaban J connectivity index is 2.84. The standard InChI is InChI=1S/C6H7N5O3S/c1-2-8-3-4(7)10-6(15(12,13)14)11-5(3)9-2/h1H3,(H,12,13,14)(H3,7,8,9,10,11). The van der Waals surface area contributed by atoms with Crippen molar-refractivity contribution in [2.45, 2.75) is 12.1 Å². The molecule has 0 aliphatic rings. The van der Waals surface area contributed by atoms with E-state index in [2.05, 4.69) is 19.9 Å². The summed E-state index contributed by atoms with van der Waals surface area (Å²) in [6, 6.07) is 0. The van der Waals surface area contributed by atoms with Gasteiger partial charge in [0.1, 0.15) is 11.3 Å². The molecule has 2 aromatic rings.